The highest BCUT2D eigenvalue weighted by atomic mass is 35.5. The lowest BCUT2D eigenvalue weighted by atomic mass is 9.84. The molecule has 1 saturated heterocycles. The van der Waals surface area contributed by atoms with Gasteiger partial charge in [-0.15, -0.1) is 0 Å². The van der Waals surface area contributed by atoms with Gasteiger partial charge in [0.15, 0.2) is 29.1 Å². The number of carboxylic acid groups (broad SMARTS) is 1. The third-order valence-electron chi connectivity index (χ3n) is 16.7. The third kappa shape index (κ3) is 15.5. The van der Waals surface area contributed by atoms with E-state index in [0.717, 1.165) is 77.7 Å². The lowest BCUT2D eigenvalue weighted by Crippen LogP contribution is -2.60. The van der Waals surface area contributed by atoms with Crippen LogP contribution in [0.5, 0.6) is 46.0 Å². The van der Waals surface area contributed by atoms with Crippen molar-refractivity contribution in [1.82, 2.24) is 26.2 Å². The van der Waals surface area contributed by atoms with Crippen molar-refractivity contribution < 1.29 is 118 Å². The van der Waals surface area contributed by atoms with Gasteiger partial charge < -0.3 is 102 Å². The normalized spacial score (nSPS) is 25.4. The van der Waals surface area contributed by atoms with Crippen molar-refractivity contribution in [2.75, 3.05) is 20.3 Å². The van der Waals surface area contributed by atoms with Crippen molar-refractivity contribution in [3.63, 3.8) is 0 Å². The number of nitrogens with two attached hydrogens (primary N) is 1. The molecule has 0 aliphatic carbocycles. The Hall–Kier alpha value is -9.63. The second-order valence-corrected chi connectivity index (χ2v) is 24.7. The third-order valence-corrected chi connectivity index (χ3v) is 17.3. The fourth-order valence-electron chi connectivity index (χ4n) is 11.7. The minimum Gasteiger partial charge on any atom is -0.508 e. The van der Waals surface area contributed by atoms with Crippen LogP contribution in [0.2, 0.25) is 10.0 Å². The standard InChI is InChI=1S/C65H68Cl2N6O24/c1-5-12-93-65(92)73(4)37(13-25(2)3)61(88)71-51-40(78)17-30(20-47(68)80)59(86)69-49-29-18-44(94-42-10-7-27(53(51)81)15-35(42)66)58(97-64-57(85)56(84)55(83)46(24-74)96-64)45(19-29)95-43-11-8-28(16-36(43)67)54(82)52-62(89)70-50(63(90)91)34-21-31(75)22-39(77)48(34)33-14-26(6-9-38(33)76)32(23-41(49)79)60(87)72-52/h5-11,14-16,18-19,21-22,25,30,32,37,46,49-57,64,74-77,81-85H,1,12-13,17,20,23-24H2,2-4H3,(H2,68,80)(H,69,86)(H,70,89)(H,71,88)(H,72,87)(H,90,91)/t30-,32+,37+,46?,49+,50-,51-,52-,53+,54+,55?,56?,57?,64?/m0/s1. The molecule has 5 unspecified atom stereocenters. The van der Waals surface area contributed by atoms with E-state index >= 15 is 19.2 Å². The number of carbonyl (C=O) groups is 9. The van der Waals surface area contributed by atoms with Crippen LogP contribution < -0.4 is 41.2 Å². The zero-order chi connectivity index (χ0) is 70.8. The summed E-state index contributed by atoms with van der Waals surface area (Å²) in [4.78, 5) is 132. The number of ether oxygens (including phenoxy) is 5. The van der Waals surface area contributed by atoms with Gasteiger partial charge in [0.25, 0.3) is 0 Å². The first-order valence-corrected chi connectivity index (χ1v) is 30.8. The Bertz CT molecular complexity index is 3960. The maximum Gasteiger partial charge on any atom is 0.410 e. The van der Waals surface area contributed by atoms with Crippen LogP contribution >= 0.6 is 23.2 Å². The van der Waals surface area contributed by atoms with Crippen LogP contribution in [0.25, 0.3) is 11.1 Å². The topological polar surface area (TPSA) is 479 Å². The number of carbonyl (C=O) groups excluding carboxylic acids is 8. The number of Topliss-reactive ketones (excluding diaryl/α,β-unsaturated/α-hetero) is 2. The molecule has 0 aromatic heterocycles. The molecular formula is C65H68Cl2N6O24. The summed E-state index contributed by atoms with van der Waals surface area (Å²) >= 11 is 13.9. The van der Waals surface area contributed by atoms with E-state index in [9.17, 15) is 75.0 Å². The molecule has 6 aliphatic heterocycles. The van der Waals surface area contributed by atoms with Gasteiger partial charge in [-0.25, -0.2) is 9.59 Å². The number of aliphatic hydroxyl groups excluding tert-OH is 6. The Kier molecular flexibility index (Phi) is 22.0. The highest BCUT2D eigenvalue weighted by Crippen LogP contribution is 2.50. The average Bonchev–Trinajstić information content (AvgIpc) is 0.772. The summed E-state index contributed by atoms with van der Waals surface area (Å²) in [5, 5.41) is 121. The first-order valence-electron chi connectivity index (χ1n) is 30.0. The molecule has 14 atom stereocenters. The van der Waals surface area contributed by atoms with Gasteiger partial charge in [0.05, 0.1) is 28.5 Å². The van der Waals surface area contributed by atoms with E-state index in [1.807, 2.05) is 0 Å². The summed E-state index contributed by atoms with van der Waals surface area (Å²) in [6.45, 7) is 5.77. The Balaban J connectivity index is 1.30. The highest BCUT2D eigenvalue weighted by Gasteiger charge is 2.47. The molecule has 0 spiro atoms. The van der Waals surface area contributed by atoms with E-state index in [4.69, 9.17) is 52.6 Å². The van der Waals surface area contributed by atoms with Crippen molar-refractivity contribution in [3.8, 4) is 57.1 Å². The van der Waals surface area contributed by atoms with E-state index < -0.39 is 226 Å². The Labute approximate surface area is 561 Å². The molecule has 16 N–H and O–H groups in total. The van der Waals surface area contributed by atoms with Crippen LogP contribution in [0.15, 0.2) is 91.5 Å². The lowest BCUT2D eigenvalue weighted by molar-refractivity contribution is -0.277. The summed E-state index contributed by atoms with van der Waals surface area (Å²) in [6, 6.07) is 3.53. The molecule has 0 saturated carbocycles. The minimum atomic E-state index is -2.25. The van der Waals surface area contributed by atoms with Crippen molar-refractivity contribution in [3.05, 3.63) is 129 Å². The number of primary amides is 1. The van der Waals surface area contributed by atoms with Crippen molar-refractivity contribution in [2.45, 2.75) is 119 Å². The molecule has 1 fully saturated rings. The van der Waals surface area contributed by atoms with Crippen LogP contribution in [0.3, 0.4) is 0 Å². The van der Waals surface area contributed by atoms with E-state index in [1.165, 1.54) is 19.2 Å². The van der Waals surface area contributed by atoms with Gasteiger partial charge in [0.1, 0.15) is 96.1 Å². The smallest absolute Gasteiger partial charge is 0.410 e. The van der Waals surface area contributed by atoms with E-state index in [0.29, 0.717) is 0 Å². The number of aliphatic carboxylic acids is 1. The number of nitrogens with one attached hydrogen (secondary N) is 4. The number of hydrogen-bond acceptors (Lipinski definition) is 23. The Morgan fingerprint density at radius 2 is 1.37 bits per heavy atom. The largest absolute Gasteiger partial charge is 0.508 e. The second kappa shape index (κ2) is 29.8. The number of ketones is 2. The molecule has 6 heterocycles. The molecule has 32 heteroatoms. The fraction of sp³-hybridized carbons (Fsp3) is 0.369. The summed E-state index contributed by atoms with van der Waals surface area (Å²) in [5.74, 6) is -19.5. The van der Waals surface area contributed by atoms with Crippen LogP contribution in [0.4, 0.5) is 4.79 Å². The number of phenolic OH excluding ortho intramolecular Hbond substituents is 3. The highest BCUT2D eigenvalue weighted by molar-refractivity contribution is 6.32. The van der Waals surface area contributed by atoms with Crippen LogP contribution in [-0.4, -0.2) is 178 Å². The van der Waals surface area contributed by atoms with E-state index in [-0.39, 0.29) is 52.2 Å². The van der Waals surface area contributed by atoms with Crippen LogP contribution in [-0.2, 0) is 47.8 Å². The maximum absolute atomic E-state index is 16.0. The first kappa shape index (κ1) is 71.7. The van der Waals surface area contributed by atoms with E-state index in [2.05, 4.69) is 27.8 Å². The van der Waals surface area contributed by atoms with Crippen LogP contribution in [0.1, 0.15) is 97.6 Å². The molecule has 5 aromatic rings. The van der Waals surface area contributed by atoms with E-state index in [1.54, 1.807) is 13.8 Å². The van der Waals surface area contributed by atoms with Gasteiger partial charge in [-0.2, -0.15) is 0 Å². The number of likely N-dealkylation sites (N-methyl/N-ethyl adjacent to an activating group) is 1. The molecule has 11 rings (SSSR count). The summed E-state index contributed by atoms with van der Waals surface area (Å²) in [6.07, 6.45) is -17.1. The number of hydrogen-bond donors (Lipinski definition) is 15. The Morgan fingerprint density at radius 3 is 1.96 bits per heavy atom. The molecule has 0 radical (unpaired) electrons. The molecule has 6 amide bonds. The molecule has 516 valence electrons. The molecule has 5 aromatic carbocycles. The maximum atomic E-state index is 16.0. The summed E-state index contributed by atoms with van der Waals surface area (Å²) in [5.41, 5.74) is 3.15. The number of amides is 6. The van der Waals surface area contributed by atoms with Gasteiger partial charge in [-0.1, -0.05) is 67.9 Å². The zero-order valence-corrected chi connectivity index (χ0v) is 53.2. The number of halogens is 2. The van der Waals surface area contributed by atoms with Crippen LogP contribution in [0, 0.1) is 11.8 Å². The van der Waals surface area contributed by atoms with Gasteiger partial charge in [0, 0.05) is 49.1 Å². The van der Waals surface area contributed by atoms with Crippen molar-refractivity contribution in [1.29, 1.82) is 0 Å². The summed E-state index contributed by atoms with van der Waals surface area (Å²) in [7, 11) is 1.25. The minimum absolute atomic E-state index is 0.0404. The number of aromatic hydroxyl groups is 3. The van der Waals surface area contributed by atoms with Gasteiger partial charge in [0.2, 0.25) is 41.6 Å². The molecule has 97 heavy (non-hydrogen) atoms. The number of fused-ring (bicyclic) bond motifs is 15. The number of rotatable bonds is 13. The number of benzene rings is 5. The summed E-state index contributed by atoms with van der Waals surface area (Å²) < 4.78 is 30.2. The predicted molar refractivity (Wildman–Crippen MR) is 336 cm³/mol. The number of nitrogens with zero attached hydrogens (tertiary/aromatic N) is 1. The Morgan fingerprint density at radius 1 is 0.742 bits per heavy atom. The van der Waals surface area contributed by atoms with Crippen molar-refractivity contribution in [2.24, 2.45) is 17.6 Å². The first-order chi connectivity index (χ1) is 45.9. The molecule has 11 bridgehead atoms. The average molecular weight is 1390 g/mol. The monoisotopic (exact) mass is 1390 g/mol. The van der Waals surface area contributed by atoms with Gasteiger partial charge in [-0.3, -0.25) is 38.5 Å². The lowest BCUT2D eigenvalue weighted by Gasteiger charge is -2.39. The van der Waals surface area contributed by atoms with Crippen molar-refractivity contribution >= 4 is 76.4 Å². The predicted octanol–water partition coefficient (Wildman–Crippen LogP) is 2.88. The van der Waals surface area contributed by atoms with Gasteiger partial charge >= 0.3 is 12.1 Å². The zero-order valence-electron chi connectivity index (χ0n) is 51.7. The number of carboxylic acids is 1. The molecular weight excluding hydrogens is 1320 g/mol. The number of aliphatic hydroxyl groups is 6. The number of phenols is 3. The second-order valence-electron chi connectivity index (χ2n) is 23.9. The molecule has 30 nitrogen and oxygen atoms in total. The quantitative estimate of drug-likeness (QED) is 0.0754. The fourth-order valence-corrected chi connectivity index (χ4v) is 12.1. The van der Waals surface area contributed by atoms with Gasteiger partial charge in [-0.05, 0) is 89.2 Å². The molecule has 6 aliphatic rings. The SMILES string of the molecule is C=CCOC(=O)N(C)[C@H](CC(C)C)C(=O)N[C@H]1C(=O)C[C@@H](CC(N)=O)C(=O)N[C@H]2C(=O)C[C@H]3C(=O)N[C@H](C(=O)N[C@H](C(=O)O)c4cc(O)cc(O)c4-c4cc3ccc4O)[C@H](O)c3ccc(c(Cl)c3)Oc3cc2cc(c3OC2OC(CO)C(O)C(O)C2O)Oc2ccc(cc2Cl)[C@H]1O.